The Morgan fingerprint density at radius 3 is 2.92 bits per heavy atom. The Kier molecular flexibility index (Phi) is 2.12. The highest BCUT2D eigenvalue weighted by atomic mass is 15.1. The summed E-state index contributed by atoms with van der Waals surface area (Å²) in [6.45, 7) is 8.68. The fourth-order valence-electron chi connectivity index (χ4n) is 2.04. The average molecular weight is 179 g/mol. The van der Waals surface area contributed by atoms with Crippen LogP contribution in [-0.2, 0) is 6.54 Å². The molecule has 0 aliphatic carbocycles. The summed E-state index contributed by atoms with van der Waals surface area (Å²) >= 11 is 0. The van der Waals surface area contributed by atoms with E-state index in [0.29, 0.717) is 11.8 Å². The zero-order valence-corrected chi connectivity index (χ0v) is 8.52. The molecule has 3 nitrogen and oxygen atoms in total. The number of hydrogen-bond acceptors (Lipinski definition) is 2. The quantitative estimate of drug-likeness (QED) is 0.689. The van der Waals surface area contributed by atoms with E-state index in [1.807, 2.05) is 0 Å². The molecule has 0 fully saturated rings. The lowest BCUT2D eigenvalue weighted by atomic mass is 9.91. The molecule has 1 unspecified atom stereocenters. The molecular weight excluding hydrogens is 162 g/mol. The molecule has 2 heterocycles. The first-order chi connectivity index (χ1) is 6.20. The topological polar surface area (TPSA) is 40.7 Å². The standard InChI is InChI=1S/C10H17N3/c1-6(2)10-9-7(3)4-11-5-8(9)12-13-10/h6-7,11H,4-5H2,1-3H3,(H,12,13). The van der Waals surface area contributed by atoms with Gasteiger partial charge in [-0.1, -0.05) is 20.8 Å². The van der Waals surface area contributed by atoms with Gasteiger partial charge in [0.1, 0.15) is 0 Å². The highest BCUT2D eigenvalue weighted by Gasteiger charge is 2.23. The van der Waals surface area contributed by atoms with Crippen molar-refractivity contribution in [1.29, 1.82) is 0 Å². The third-order valence-electron chi connectivity index (χ3n) is 2.70. The van der Waals surface area contributed by atoms with Gasteiger partial charge in [-0.05, 0) is 11.8 Å². The van der Waals surface area contributed by atoms with Gasteiger partial charge >= 0.3 is 0 Å². The van der Waals surface area contributed by atoms with Crippen LogP contribution in [0.25, 0.3) is 0 Å². The van der Waals surface area contributed by atoms with Crippen LogP contribution in [0.1, 0.15) is 49.6 Å². The van der Waals surface area contributed by atoms with Crippen LogP contribution in [0.15, 0.2) is 0 Å². The number of rotatable bonds is 1. The van der Waals surface area contributed by atoms with Crippen molar-refractivity contribution in [3.05, 3.63) is 17.0 Å². The first-order valence-corrected chi connectivity index (χ1v) is 4.98. The van der Waals surface area contributed by atoms with Crippen molar-refractivity contribution in [3.63, 3.8) is 0 Å². The third kappa shape index (κ3) is 1.37. The van der Waals surface area contributed by atoms with Crippen molar-refractivity contribution >= 4 is 0 Å². The van der Waals surface area contributed by atoms with Gasteiger partial charge in [0, 0.05) is 18.7 Å². The molecule has 0 bridgehead atoms. The summed E-state index contributed by atoms with van der Waals surface area (Å²) in [5.41, 5.74) is 3.99. The van der Waals surface area contributed by atoms with Crippen LogP contribution < -0.4 is 5.32 Å². The van der Waals surface area contributed by atoms with Crippen molar-refractivity contribution < 1.29 is 0 Å². The van der Waals surface area contributed by atoms with Crippen molar-refractivity contribution in [1.82, 2.24) is 15.5 Å². The Morgan fingerprint density at radius 1 is 1.46 bits per heavy atom. The van der Waals surface area contributed by atoms with Crippen LogP contribution in [-0.4, -0.2) is 16.7 Å². The first kappa shape index (κ1) is 8.75. The monoisotopic (exact) mass is 179 g/mol. The molecule has 72 valence electrons. The second kappa shape index (κ2) is 3.14. The van der Waals surface area contributed by atoms with Gasteiger partial charge in [0.25, 0.3) is 0 Å². The lowest BCUT2D eigenvalue weighted by molar-refractivity contribution is 0.560. The van der Waals surface area contributed by atoms with Crippen molar-refractivity contribution in [2.24, 2.45) is 0 Å². The summed E-state index contributed by atoms with van der Waals surface area (Å²) in [6.07, 6.45) is 0. The maximum absolute atomic E-state index is 4.38. The van der Waals surface area contributed by atoms with Gasteiger partial charge in [0.15, 0.2) is 0 Å². The smallest absolute Gasteiger partial charge is 0.0686 e. The van der Waals surface area contributed by atoms with Gasteiger partial charge in [-0.25, -0.2) is 0 Å². The molecule has 0 saturated heterocycles. The fourth-order valence-corrected chi connectivity index (χ4v) is 2.04. The second-order valence-corrected chi connectivity index (χ2v) is 4.19. The normalized spacial score (nSPS) is 22.0. The summed E-state index contributed by atoms with van der Waals surface area (Å²) in [6, 6.07) is 0. The lowest BCUT2D eigenvalue weighted by Crippen LogP contribution is -2.26. The molecule has 1 aliphatic rings. The minimum Gasteiger partial charge on any atom is -0.311 e. The van der Waals surface area contributed by atoms with E-state index in [-0.39, 0.29) is 0 Å². The highest BCUT2D eigenvalue weighted by Crippen LogP contribution is 2.29. The van der Waals surface area contributed by atoms with E-state index in [4.69, 9.17) is 0 Å². The van der Waals surface area contributed by atoms with Gasteiger partial charge < -0.3 is 5.32 Å². The predicted molar refractivity (Wildman–Crippen MR) is 52.8 cm³/mol. The Morgan fingerprint density at radius 2 is 2.23 bits per heavy atom. The molecule has 0 spiro atoms. The van der Waals surface area contributed by atoms with Gasteiger partial charge in [-0.3, -0.25) is 5.10 Å². The molecule has 13 heavy (non-hydrogen) atoms. The van der Waals surface area contributed by atoms with E-state index in [9.17, 15) is 0 Å². The SMILES string of the molecule is CC(C)c1n[nH]c2c1C(C)CNC2. The molecule has 2 rings (SSSR count). The summed E-state index contributed by atoms with van der Waals surface area (Å²) < 4.78 is 0. The zero-order chi connectivity index (χ0) is 9.42. The number of hydrogen-bond donors (Lipinski definition) is 2. The molecule has 1 aromatic heterocycles. The predicted octanol–water partition coefficient (Wildman–Crippen LogP) is 1.74. The molecule has 2 N–H and O–H groups in total. The Balaban J connectivity index is 2.44. The molecule has 0 radical (unpaired) electrons. The number of nitrogens with zero attached hydrogens (tertiary/aromatic N) is 1. The van der Waals surface area contributed by atoms with Crippen molar-refractivity contribution in [2.45, 2.75) is 39.2 Å². The number of aromatic nitrogens is 2. The molecule has 3 heteroatoms. The average Bonchev–Trinajstić information content (AvgIpc) is 2.49. The van der Waals surface area contributed by atoms with Crippen molar-refractivity contribution in [3.8, 4) is 0 Å². The molecule has 1 aliphatic heterocycles. The summed E-state index contributed by atoms with van der Waals surface area (Å²) in [4.78, 5) is 0. The zero-order valence-electron chi connectivity index (χ0n) is 8.52. The lowest BCUT2D eigenvalue weighted by Gasteiger charge is -2.21. The largest absolute Gasteiger partial charge is 0.311 e. The maximum atomic E-state index is 4.38. The van der Waals surface area contributed by atoms with E-state index in [0.717, 1.165) is 13.1 Å². The molecule has 1 atom stereocenters. The Hall–Kier alpha value is -0.830. The minimum atomic E-state index is 0.528. The van der Waals surface area contributed by atoms with Gasteiger partial charge in [-0.15, -0.1) is 0 Å². The van der Waals surface area contributed by atoms with Crippen LogP contribution >= 0.6 is 0 Å². The fraction of sp³-hybridized carbons (Fsp3) is 0.700. The van der Waals surface area contributed by atoms with Crippen LogP contribution in [0.4, 0.5) is 0 Å². The van der Waals surface area contributed by atoms with Crippen LogP contribution in [0.2, 0.25) is 0 Å². The molecular formula is C10H17N3. The molecule has 0 aromatic carbocycles. The Labute approximate surface area is 78.9 Å². The van der Waals surface area contributed by atoms with Crippen LogP contribution in [0, 0.1) is 0 Å². The van der Waals surface area contributed by atoms with E-state index in [1.54, 1.807) is 0 Å². The second-order valence-electron chi connectivity index (χ2n) is 4.19. The highest BCUT2D eigenvalue weighted by molar-refractivity contribution is 5.33. The summed E-state index contributed by atoms with van der Waals surface area (Å²) in [5, 5.41) is 10.9. The summed E-state index contributed by atoms with van der Waals surface area (Å²) in [5.74, 6) is 1.13. The third-order valence-corrected chi connectivity index (χ3v) is 2.70. The van der Waals surface area contributed by atoms with E-state index in [2.05, 4.69) is 36.3 Å². The Bertz CT molecular complexity index is 301. The van der Waals surface area contributed by atoms with Gasteiger partial charge in [0.2, 0.25) is 0 Å². The molecule has 1 aromatic rings. The van der Waals surface area contributed by atoms with E-state index >= 15 is 0 Å². The summed E-state index contributed by atoms with van der Waals surface area (Å²) in [7, 11) is 0. The number of H-pyrrole nitrogens is 1. The number of nitrogens with one attached hydrogen (secondary N) is 2. The van der Waals surface area contributed by atoms with E-state index in [1.165, 1.54) is 17.0 Å². The van der Waals surface area contributed by atoms with Crippen molar-refractivity contribution in [2.75, 3.05) is 6.54 Å². The molecule has 0 amide bonds. The van der Waals surface area contributed by atoms with Gasteiger partial charge in [0.05, 0.1) is 11.4 Å². The first-order valence-electron chi connectivity index (χ1n) is 4.98. The minimum absolute atomic E-state index is 0.528. The number of aromatic amines is 1. The maximum Gasteiger partial charge on any atom is 0.0686 e. The molecule has 0 saturated carbocycles. The number of fused-ring (bicyclic) bond motifs is 1. The van der Waals surface area contributed by atoms with Crippen LogP contribution in [0.3, 0.4) is 0 Å². The van der Waals surface area contributed by atoms with Gasteiger partial charge in [-0.2, -0.15) is 5.10 Å². The van der Waals surface area contributed by atoms with Crippen LogP contribution in [0.5, 0.6) is 0 Å². The van der Waals surface area contributed by atoms with E-state index < -0.39 is 0 Å².